The van der Waals surface area contributed by atoms with Crippen LogP contribution >= 0.6 is 31.9 Å². The van der Waals surface area contributed by atoms with Crippen LogP contribution in [-0.4, -0.2) is 34.5 Å². The summed E-state index contributed by atoms with van der Waals surface area (Å²) in [5, 5.41) is 27.4. The van der Waals surface area contributed by atoms with Crippen molar-refractivity contribution in [2.24, 2.45) is 0 Å². The fourth-order valence-electron chi connectivity index (χ4n) is 2.68. The number of aliphatic hydroxyl groups excluding tert-OH is 2. The van der Waals surface area contributed by atoms with E-state index in [2.05, 4.69) is 42.5 Å². The van der Waals surface area contributed by atoms with Crippen molar-refractivity contribution < 1.29 is 30.6 Å². The van der Waals surface area contributed by atoms with Crippen molar-refractivity contribution in [3.05, 3.63) is 68.1 Å². The molecule has 4 nitrogen and oxygen atoms in total. The summed E-state index contributed by atoms with van der Waals surface area (Å²) in [5.41, 5.74) is 1.89. The van der Waals surface area contributed by atoms with Gasteiger partial charge in [-0.15, -0.1) is 23.5 Å². The Morgan fingerprint density at radius 3 is 1.28 bits per heavy atom. The molecule has 0 amide bonds. The van der Waals surface area contributed by atoms with E-state index in [1.807, 2.05) is 62.4 Å². The summed E-state index contributed by atoms with van der Waals surface area (Å²) in [5.74, 6) is 0. The van der Waals surface area contributed by atoms with Gasteiger partial charge in [0, 0.05) is 21.2 Å². The molecule has 7 heteroatoms. The first-order valence-electron chi connectivity index (χ1n) is 9.46. The fraction of sp³-hybridized carbons (Fsp3) is 0.455. The molecule has 2 aromatic rings. The molecule has 2 aromatic carbocycles. The van der Waals surface area contributed by atoms with Crippen molar-refractivity contribution in [3.8, 4) is 0 Å². The predicted molar refractivity (Wildman–Crippen MR) is 126 cm³/mol. The molecule has 0 saturated carbocycles. The van der Waals surface area contributed by atoms with Crippen LogP contribution < -0.4 is 0 Å². The standard InChI is InChI=1S/2C11H15BrNO.Pd/c2*1-8(7-9(2)14)13-11-6-4-3-5-10(11)12;/h2*3-6,8-9,14H,7H2,1-2H3;/q2*-1;+2. The number of nitrogens with zero attached hydrogens (tertiary/aromatic N) is 2. The minimum atomic E-state index is -0.295. The SMILES string of the molecule is CC(O)CC(C)[N-]c1ccccc1Br.CC(O)CC(C)[N-]c1ccccc1Br.[Pd+2]. The Morgan fingerprint density at radius 2 is 1.00 bits per heavy atom. The first-order valence-corrected chi connectivity index (χ1v) is 11.0. The Morgan fingerprint density at radius 1 is 0.690 bits per heavy atom. The zero-order chi connectivity index (χ0) is 21.1. The van der Waals surface area contributed by atoms with Crippen LogP contribution in [0.2, 0.25) is 0 Å². The summed E-state index contributed by atoms with van der Waals surface area (Å²) < 4.78 is 2.00. The summed E-state index contributed by atoms with van der Waals surface area (Å²) in [7, 11) is 0. The van der Waals surface area contributed by atoms with E-state index in [1.165, 1.54) is 0 Å². The molecule has 0 bridgehead atoms. The van der Waals surface area contributed by atoms with Gasteiger partial charge in [-0.25, -0.2) is 0 Å². The third-order valence-electron chi connectivity index (χ3n) is 3.79. The van der Waals surface area contributed by atoms with Gasteiger partial charge in [-0.1, -0.05) is 82.1 Å². The van der Waals surface area contributed by atoms with Gasteiger partial charge in [0.1, 0.15) is 0 Å². The minimum absolute atomic E-state index is 0. The molecule has 0 aliphatic rings. The number of para-hydroxylation sites is 2. The van der Waals surface area contributed by atoms with Gasteiger partial charge < -0.3 is 20.8 Å². The maximum atomic E-state index is 9.20. The van der Waals surface area contributed by atoms with Gasteiger partial charge in [0.05, 0.1) is 0 Å². The number of aliphatic hydroxyl groups is 2. The molecule has 4 unspecified atom stereocenters. The molecule has 0 aliphatic heterocycles. The molecule has 29 heavy (non-hydrogen) atoms. The Hall–Kier alpha value is -0.418. The van der Waals surface area contributed by atoms with Crippen molar-refractivity contribution in [1.82, 2.24) is 0 Å². The number of halogens is 2. The van der Waals surface area contributed by atoms with Gasteiger partial charge in [0.15, 0.2) is 0 Å². The first-order chi connectivity index (χ1) is 13.2. The van der Waals surface area contributed by atoms with Gasteiger partial charge in [-0.3, -0.25) is 0 Å². The molecule has 0 spiro atoms. The molecule has 0 heterocycles. The summed E-state index contributed by atoms with van der Waals surface area (Å²) >= 11 is 6.87. The van der Waals surface area contributed by atoms with Gasteiger partial charge in [-0.2, -0.15) is 0 Å². The number of hydrogen-bond acceptors (Lipinski definition) is 2. The second kappa shape index (κ2) is 15.4. The van der Waals surface area contributed by atoms with Gasteiger partial charge >= 0.3 is 20.4 Å². The molecule has 4 atom stereocenters. The zero-order valence-electron chi connectivity index (χ0n) is 17.2. The molecule has 2 rings (SSSR count). The van der Waals surface area contributed by atoms with Gasteiger partial charge in [0.2, 0.25) is 0 Å². The monoisotopic (exact) mass is 618 g/mol. The van der Waals surface area contributed by atoms with Crippen LogP contribution in [0.3, 0.4) is 0 Å². The van der Waals surface area contributed by atoms with E-state index < -0.39 is 0 Å². The number of benzene rings is 2. The quantitative estimate of drug-likeness (QED) is 0.306. The summed E-state index contributed by atoms with van der Waals surface area (Å²) in [4.78, 5) is 0. The van der Waals surface area contributed by atoms with Crippen LogP contribution in [0.4, 0.5) is 11.4 Å². The largest absolute Gasteiger partial charge is 2.00 e. The molecule has 164 valence electrons. The van der Waals surface area contributed by atoms with E-state index in [1.54, 1.807) is 13.8 Å². The average Bonchev–Trinajstić information content (AvgIpc) is 2.58. The summed E-state index contributed by atoms with van der Waals surface area (Å²) in [6, 6.07) is 16.0. The van der Waals surface area contributed by atoms with Crippen LogP contribution in [0.25, 0.3) is 10.6 Å². The van der Waals surface area contributed by atoms with Crippen LogP contribution in [0.1, 0.15) is 40.5 Å². The van der Waals surface area contributed by atoms with Gasteiger partial charge in [0.25, 0.3) is 0 Å². The number of hydrogen-bond donors (Lipinski definition) is 2. The first kappa shape index (κ1) is 28.6. The third kappa shape index (κ3) is 12.8. The second-order valence-electron chi connectivity index (χ2n) is 7.03. The Bertz CT molecular complexity index is 643. The van der Waals surface area contributed by atoms with Crippen LogP contribution in [0.5, 0.6) is 0 Å². The molecule has 0 aromatic heterocycles. The van der Waals surface area contributed by atoms with Crippen LogP contribution in [0, 0.1) is 0 Å². The van der Waals surface area contributed by atoms with Crippen molar-refractivity contribution >= 4 is 43.2 Å². The van der Waals surface area contributed by atoms with Crippen molar-refractivity contribution in [2.45, 2.75) is 64.8 Å². The maximum Gasteiger partial charge on any atom is 2.00 e. The van der Waals surface area contributed by atoms with Gasteiger partial charge in [-0.05, 0) is 38.8 Å². The zero-order valence-corrected chi connectivity index (χ0v) is 21.9. The van der Waals surface area contributed by atoms with Crippen molar-refractivity contribution in [1.29, 1.82) is 0 Å². The van der Waals surface area contributed by atoms with E-state index in [0.717, 1.165) is 20.3 Å². The van der Waals surface area contributed by atoms with E-state index in [-0.39, 0.29) is 44.7 Å². The smallest absolute Gasteiger partial charge is 0.681 e. The molecule has 0 saturated heterocycles. The molecular weight excluding hydrogens is 590 g/mol. The molecule has 0 fully saturated rings. The normalized spacial score (nSPS) is 14.3. The summed E-state index contributed by atoms with van der Waals surface area (Å²) in [6.45, 7) is 7.58. The van der Waals surface area contributed by atoms with Crippen molar-refractivity contribution in [3.63, 3.8) is 0 Å². The van der Waals surface area contributed by atoms with Crippen molar-refractivity contribution in [2.75, 3.05) is 0 Å². The molecule has 0 aliphatic carbocycles. The minimum Gasteiger partial charge on any atom is -0.681 e. The van der Waals surface area contributed by atoms with Crippen LogP contribution in [0.15, 0.2) is 57.5 Å². The molecule has 0 radical (unpaired) electrons. The van der Waals surface area contributed by atoms with E-state index in [4.69, 9.17) is 0 Å². The maximum absolute atomic E-state index is 9.20. The molecule has 2 N–H and O–H groups in total. The van der Waals surface area contributed by atoms with E-state index >= 15 is 0 Å². The van der Waals surface area contributed by atoms with Crippen LogP contribution in [-0.2, 0) is 20.4 Å². The summed E-state index contributed by atoms with van der Waals surface area (Å²) in [6.07, 6.45) is 0.801. The predicted octanol–water partition coefficient (Wildman–Crippen LogP) is 7.22. The average molecular weight is 621 g/mol. The molecular formula is C22H30Br2N2O2Pd. The topological polar surface area (TPSA) is 68.7 Å². The van der Waals surface area contributed by atoms with E-state index in [0.29, 0.717) is 12.8 Å². The Labute approximate surface area is 205 Å². The fourth-order valence-corrected chi connectivity index (χ4v) is 3.45. The Balaban J connectivity index is 0.000000523. The van der Waals surface area contributed by atoms with E-state index in [9.17, 15) is 10.2 Å². The third-order valence-corrected chi connectivity index (χ3v) is 5.13. The second-order valence-corrected chi connectivity index (χ2v) is 8.74. The Kier molecular flexibility index (Phi) is 15.2. The number of rotatable bonds is 8.